The van der Waals surface area contributed by atoms with Gasteiger partial charge in [0.05, 0.1) is 5.71 Å². The van der Waals surface area contributed by atoms with Gasteiger partial charge in [-0.15, -0.1) is 0 Å². The molecule has 1 amide bonds. The first-order valence-electron chi connectivity index (χ1n) is 9.57. The summed E-state index contributed by atoms with van der Waals surface area (Å²) < 4.78 is 28.5. The Balaban J connectivity index is 1.78. The van der Waals surface area contributed by atoms with Crippen molar-refractivity contribution in [3.8, 4) is 11.1 Å². The average Bonchev–Trinajstić information content (AvgIpc) is 2.72. The Bertz CT molecular complexity index is 1010. The van der Waals surface area contributed by atoms with E-state index in [1.165, 1.54) is 42.9 Å². The number of halogens is 2. The van der Waals surface area contributed by atoms with Gasteiger partial charge in [0.25, 0.3) is 0 Å². The Hall–Kier alpha value is -3.42. The molecule has 0 atom stereocenters. The first-order chi connectivity index (χ1) is 14.4. The number of anilines is 1. The first kappa shape index (κ1) is 21.3. The van der Waals surface area contributed by atoms with E-state index < -0.39 is 17.1 Å². The fraction of sp³-hybridized carbons (Fsp3) is 0.273. The molecule has 1 aliphatic rings. The molecule has 156 valence electrons. The molecule has 1 aliphatic carbocycles. The van der Waals surface area contributed by atoms with Crippen LogP contribution in [0.1, 0.15) is 36.5 Å². The number of benzene rings is 1. The molecule has 1 aromatic heterocycles. The minimum atomic E-state index is -0.647. The second kappa shape index (κ2) is 8.94. The van der Waals surface area contributed by atoms with Crippen LogP contribution in [0.2, 0.25) is 0 Å². The van der Waals surface area contributed by atoms with Crippen molar-refractivity contribution in [2.45, 2.75) is 26.2 Å². The van der Waals surface area contributed by atoms with Crippen molar-refractivity contribution in [3.05, 3.63) is 66.7 Å². The van der Waals surface area contributed by atoms with Crippen LogP contribution in [-0.2, 0) is 0 Å². The smallest absolute Gasteiger partial charge is 0.248 e. The SMILES string of the molecule is C=CN=C(/C(F)=C\C)C1(CNc2ncc(-c3cc(C(N)=O)ccc3F)cn2)CCC1. The molecule has 3 N–H and O–H groups in total. The third-order valence-electron chi connectivity index (χ3n) is 5.31. The summed E-state index contributed by atoms with van der Waals surface area (Å²) in [7, 11) is 0. The van der Waals surface area contributed by atoms with Crippen molar-refractivity contribution >= 4 is 17.6 Å². The summed E-state index contributed by atoms with van der Waals surface area (Å²) in [6.07, 6.45) is 8.20. The molecular weight excluding hydrogens is 388 g/mol. The van der Waals surface area contributed by atoms with E-state index in [4.69, 9.17) is 5.73 Å². The molecule has 1 aromatic carbocycles. The van der Waals surface area contributed by atoms with Gasteiger partial charge in [-0.1, -0.05) is 13.0 Å². The van der Waals surface area contributed by atoms with Gasteiger partial charge in [-0.3, -0.25) is 9.79 Å². The molecule has 2 aromatic rings. The van der Waals surface area contributed by atoms with Gasteiger partial charge in [0, 0.05) is 47.2 Å². The van der Waals surface area contributed by atoms with Crippen molar-refractivity contribution in [1.29, 1.82) is 0 Å². The van der Waals surface area contributed by atoms with Crippen LogP contribution in [0.15, 0.2) is 60.3 Å². The lowest BCUT2D eigenvalue weighted by molar-refractivity contribution is 0.100. The Morgan fingerprint density at radius 2 is 2.07 bits per heavy atom. The molecule has 8 heteroatoms. The highest BCUT2D eigenvalue weighted by atomic mass is 19.1. The molecule has 0 spiro atoms. The number of nitrogens with two attached hydrogens (primary N) is 1. The Labute approximate surface area is 173 Å². The second-order valence-electron chi connectivity index (χ2n) is 7.14. The fourth-order valence-corrected chi connectivity index (χ4v) is 3.49. The number of primary amides is 1. The summed E-state index contributed by atoms with van der Waals surface area (Å²) in [6, 6.07) is 3.87. The van der Waals surface area contributed by atoms with Crippen LogP contribution in [0, 0.1) is 11.2 Å². The zero-order valence-corrected chi connectivity index (χ0v) is 16.7. The minimum Gasteiger partial charge on any atom is -0.366 e. The predicted molar refractivity (Wildman–Crippen MR) is 113 cm³/mol. The highest BCUT2D eigenvalue weighted by Crippen LogP contribution is 2.44. The van der Waals surface area contributed by atoms with Gasteiger partial charge in [0.1, 0.15) is 11.6 Å². The lowest BCUT2D eigenvalue weighted by atomic mass is 9.65. The highest BCUT2D eigenvalue weighted by Gasteiger charge is 2.43. The van der Waals surface area contributed by atoms with Gasteiger partial charge in [-0.2, -0.15) is 0 Å². The second-order valence-corrected chi connectivity index (χ2v) is 7.14. The molecular formula is C22H23F2N5O. The molecule has 1 saturated carbocycles. The maximum atomic E-state index is 14.3. The molecule has 0 radical (unpaired) electrons. The van der Waals surface area contributed by atoms with Crippen LogP contribution in [0.4, 0.5) is 14.7 Å². The van der Waals surface area contributed by atoms with Gasteiger partial charge in [-0.25, -0.2) is 18.7 Å². The summed E-state index contributed by atoms with van der Waals surface area (Å²) in [5.74, 6) is -1.19. The minimum absolute atomic E-state index is 0.184. The largest absolute Gasteiger partial charge is 0.366 e. The van der Waals surface area contributed by atoms with E-state index in [2.05, 4.69) is 26.9 Å². The molecule has 1 fully saturated rings. The summed E-state index contributed by atoms with van der Waals surface area (Å²) in [5.41, 5.74) is 5.98. The number of allylic oxidation sites excluding steroid dienone is 2. The molecule has 30 heavy (non-hydrogen) atoms. The summed E-state index contributed by atoms with van der Waals surface area (Å²) >= 11 is 0. The van der Waals surface area contributed by atoms with Gasteiger partial charge >= 0.3 is 0 Å². The van der Waals surface area contributed by atoms with E-state index in [0.29, 0.717) is 23.8 Å². The number of nitrogens with one attached hydrogen (secondary N) is 1. The summed E-state index contributed by atoms with van der Waals surface area (Å²) in [5, 5.41) is 3.13. The van der Waals surface area contributed by atoms with Gasteiger partial charge in [0.2, 0.25) is 11.9 Å². The van der Waals surface area contributed by atoms with Crippen LogP contribution in [0.3, 0.4) is 0 Å². The van der Waals surface area contributed by atoms with Crippen LogP contribution >= 0.6 is 0 Å². The van der Waals surface area contributed by atoms with Crippen molar-refractivity contribution in [2.24, 2.45) is 16.1 Å². The van der Waals surface area contributed by atoms with Crippen LogP contribution in [-0.4, -0.2) is 28.1 Å². The van der Waals surface area contributed by atoms with Crippen molar-refractivity contribution < 1.29 is 13.6 Å². The molecule has 6 nitrogen and oxygen atoms in total. The lowest BCUT2D eigenvalue weighted by Crippen LogP contribution is -2.44. The molecule has 0 unspecified atom stereocenters. The zero-order chi connectivity index (χ0) is 21.7. The van der Waals surface area contributed by atoms with E-state index >= 15 is 0 Å². The number of carbonyl (C=O) groups is 1. The predicted octanol–water partition coefficient (Wildman–Crippen LogP) is 4.42. The number of nitrogens with zero attached hydrogens (tertiary/aromatic N) is 3. The van der Waals surface area contributed by atoms with Crippen LogP contribution in [0.25, 0.3) is 11.1 Å². The third-order valence-corrected chi connectivity index (χ3v) is 5.31. The number of aliphatic imine (C=N–C) groups is 1. The van der Waals surface area contributed by atoms with E-state index in [1.54, 1.807) is 6.92 Å². The standard InChI is InChI=1S/C22H23F2N5O/c1-3-17(23)19(26-4-2)22(8-5-9-22)13-29-21-27-11-15(12-28-21)16-10-14(20(25)30)6-7-18(16)24/h3-4,6-7,10-12H,2,5,8-9,13H2,1H3,(H2,25,30)(H,27,28,29)/b17-3+,26-19?. The normalized spacial score (nSPS) is 16.0. The monoisotopic (exact) mass is 411 g/mol. The number of amides is 1. The molecule has 1 heterocycles. The molecule has 3 rings (SSSR count). The van der Waals surface area contributed by atoms with E-state index in [-0.39, 0.29) is 17.0 Å². The maximum Gasteiger partial charge on any atom is 0.248 e. The van der Waals surface area contributed by atoms with Gasteiger partial charge < -0.3 is 11.1 Å². The number of carbonyl (C=O) groups excluding carboxylic acids is 1. The average molecular weight is 411 g/mol. The number of hydrogen-bond donors (Lipinski definition) is 2. The molecule has 0 aliphatic heterocycles. The van der Waals surface area contributed by atoms with Crippen LogP contribution < -0.4 is 11.1 Å². The first-order valence-corrected chi connectivity index (χ1v) is 9.57. The summed E-state index contributed by atoms with van der Waals surface area (Å²) in [6.45, 7) is 5.62. The Kier molecular flexibility index (Phi) is 6.34. The number of rotatable bonds is 8. The van der Waals surface area contributed by atoms with Gasteiger partial charge in [0.15, 0.2) is 0 Å². The summed E-state index contributed by atoms with van der Waals surface area (Å²) in [4.78, 5) is 24.0. The highest BCUT2D eigenvalue weighted by molar-refractivity contribution is 6.04. The lowest BCUT2D eigenvalue weighted by Gasteiger charge is -2.42. The van der Waals surface area contributed by atoms with E-state index in [0.717, 1.165) is 19.3 Å². The van der Waals surface area contributed by atoms with Crippen molar-refractivity contribution in [3.63, 3.8) is 0 Å². The fourth-order valence-electron chi connectivity index (χ4n) is 3.49. The van der Waals surface area contributed by atoms with Gasteiger partial charge in [-0.05, 0) is 44.0 Å². The Morgan fingerprint density at radius 1 is 1.37 bits per heavy atom. The van der Waals surface area contributed by atoms with Crippen LogP contribution in [0.5, 0.6) is 0 Å². The Morgan fingerprint density at radius 3 is 2.60 bits per heavy atom. The topological polar surface area (TPSA) is 93.3 Å². The molecule has 0 saturated heterocycles. The third kappa shape index (κ3) is 4.27. The number of aromatic nitrogens is 2. The number of hydrogen-bond acceptors (Lipinski definition) is 5. The van der Waals surface area contributed by atoms with E-state index in [1.807, 2.05) is 0 Å². The zero-order valence-electron chi connectivity index (χ0n) is 16.7. The van der Waals surface area contributed by atoms with Crippen molar-refractivity contribution in [1.82, 2.24) is 9.97 Å². The van der Waals surface area contributed by atoms with E-state index in [9.17, 15) is 13.6 Å². The maximum absolute atomic E-state index is 14.3. The quantitative estimate of drug-likeness (QED) is 0.629. The molecule has 0 bridgehead atoms. The van der Waals surface area contributed by atoms with Crippen molar-refractivity contribution in [2.75, 3.05) is 11.9 Å².